The van der Waals surface area contributed by atoms with Crippen LogP contribution in [-0.2, 0) is 6.42 Å². The second-order valence-electron chi connectivity index (χ2n) is 4.58. The van der Waals surface area contributed by atoms with Gasteiger partial charge in [0, 0.05) is 11.6 Å². The van der Waals surface area contributed by atoms with E-state index in [0.717, 1.165) is 30.8 Å². The molecule has 1 aromatic rings. The van der Waals surface area contributed by atoms with Gasteiger partial charge in [-0.2, -0.15) is 0 Å². The number of anilines is 2. The van der Waals surface area contributed by atoms with Crippen molar-refractivity contribution in [1.29, 1.82) is 0 Å². The third kappa shape index (κ3) is 4.19. The number of rotatable bonds is 6. The summed E-state index contributed by atoms with van der Waals surface area (Å²) in [5.41, 5.74) is 6.83. The van der Waals surface area contributed by atoms with Crippen LogP contribution in [0.4, 0.5) is 11.6 Å². The highest BCUT2D eigenvalue weighted by Gasteiger charge is 2.10. The lowest BCUT2D eigenvalue weighted by atomic mass is 10.2. The van der Waals surface area contributed by atoms with Gasteiger partial charge < -0.3 is 16.0 Å². The van der Waals surface area contributed by atoms with Crippen LogP contribution in [0, 0.1) is 0 Å². The highest BCUT2D eigenvalue weighted by molar-refractivity contribution is 5.55. The Morgan fingerprint density at radius 2 is 2.12 bits per heavy atom. The van der Waals surface area contributed by atoms with Gasteiger partial charge in [0.25, 0.3) is 0 Å². The van der Waals surface area contributed by atoms with Crippen molar-refractivity contribution in [3.05, 3.63) is 11.9 Å². The van der Waals surface area contributed by atoms with Crippen LogP contribution in [-0.4, -0.2) is 41.5 Å². The van der Waals surface area contributed by atoms with Crippen LogP contribution in [0.2, 0.25) is 0 Å². The first-order valence-corrected chi connectivity index (χ1v) is 6.05. The molecule has 1 rings (SSSR count). The van der Waals surface area contributed by atoms with Crippen molar-refractivity contribution in [2.24, 2.45) is 0 Å². The maximum absolute atomic E-state index is 5.83. The second kappa shape index (κ2) is 6.39. The Labute approximate surface area is 103 Å². The summed E-state index contributed by atoms with van der Waals surface area (Å²) in [6.07, 6.45) is 3.42. The summed E-state index contributed by atoms with van der Waals surface area (Å²) in [4.78, 5) is 10.4. The van der Waals surface area contributed by atoms with E-state index in [0.29, 0.717) is 11.9 Å². The van der Waals surface area contributed by atoms with E-state index in [1.165, 1.54) is 6.33 Å². The zero-order valence-corrected chi connectivity index (χ0v) is 11.2. The maximum Gasteiger partial charge on any atom is 0.134 e. The van der Waals surface area contributed by atoms with Gasteiger partial charge in [0.15, 0.2) is 0 Å². The Morgan fingerprint density at radius 3 is 2.71 bits per heavy atom. The molecule has 1 heterocycles. The van der Waals surface area contributed by atoms with Crippen LogP contribution in [0.25, 0.3) is 0 Å². The van der Waals surface area contributed by atoms with Crippen LogP contribution in [0.5, 0.6) is 0 Å². The lowest BCUT2D eigenvalue weighted by Crippen LogP contribution is -2.24. The average Bonchev–Trinajstić information content (AvgIpc) is 2.27. The molecule has 0 saturated heterocycles. The van der Waals surface area contributed by atoms with Crippen molar-refractivity contribution in [2.75, 3.05) is 31.7 Å². The zero-order valence-electron chi connectivity index (χ0n) is 11.2. The van der Waals surface area contributed by atoms with Gasteiger partial charge in [0.05, 0.1) is 0 Å². The fourth-order valence-electron chi connectivity index (χ4n) is 1.66. The number of aromatic nitrogens is 2. The van der Waals surface area contributed by atoms with Crippen LogP contribution >= 0.6 is 0 Å². The van der Waals surface area contributed by atoms with Gasteiger partial charge in [-0.3, -0.25) is 0 Å². The summed E-state index contributed by atoms with van der Waals surface area (Å²) in [7, 11) is 4.15. The molecule has 1 aromatic heterocycles. The van der Waals surface area contributed by atoms with Crippen LogP contribution in [0.1, 0.15) is 25.8 Å². The zero-order chi connectivity index (χ0) is 12.8. The van der Waals surface area contributed by atoms with Gasteiger partial charge in [0.2, 0.25) is 0 Å². The number of nitrogen functional groups attached to an aromatic ring is 1. The first-order valence-electron chi connectivity index (χ1n) is 6.05. The molecule has 0 aliphatic heterocycles. The van der Waals surface area contributed by atoms with E-state index in [1.807, 2.05) is 0 Å². The van der Waals surface area contributed by atoms with Gasteiger partial charge in [-0.15, -0.1) is 0 Å². The lowest BCUT2D eigenvalue weighted by molar-refractivity contribution is 0.390. The van der Waals surface area contributed by atoms with Gasteiger partial charge in [-0.25, -0.2) is 9.97 Å². The Balaban J connectivity index is 2.64. The molecule has 0 amide bonds. The molecule has 0 radical (unpaired) electrons. The van der Waals surface area contributed by atoms with Crippen LogP contribution in [0.3, 0.4) is 0 Å². The van der Waals surface area contributed by atoms with Crippen molar-refractivity contribution in [1.82, 2.24) is 14.9 Å². The molecule has 17 heavy (non-hydrogen) atoms. The summed E-state index contributed by atoms with van der Waals surface area (Å²) in [5.74, 6) is 1.44. The predicted molar refractivity (Wildman–Crippen MR) is 72.1 cm³/mol. The smallest absolute Gasteiger partial charge is 0.134 e. The fourth-order valence-corrected chi connectivity index (χ4v) is 1.66. The van der Waals surface area contributed by atoms with Gasteiger partial charge in [0.1, 0.15) is 18.0 Å². The second-order valence-corrected chi connectivity index (χ2v) is 4.58. The predicted octanol–water partition coefficient (Wildman–Crippen LogP) is 1.37. The van der Waals surface area contributed by atoms with E-state index in [9.17, 15) is 0 Å². The molecule has 0 aliphatic carbocycles. The monoisotopic (exact) mass is 237 g/mol. The van der Waals surface area contributed by atoms with Crippen molar-refractivity contribution < 1.29 is 0 Å². The highest BCUT2D eigenvalue weighted by Crippen LogP contribution is 2.18. The Kier molecular flexibility index (Phi) is 5.15. The quantitative estimate of drug-likeness (QED) is 0.782. The van der Waals surface area contributed by atoms with Gasteiger partial charge in [-0.05, 0) is 40.4 Å². The van der Waals surface area contributed by atoms with Gasteiger partial charge in [-0.1, -0.05) is 6.92 Å². The normalized spacial score (nSPS) is 12.8. The Bertz CT molecular complexity index is 351. The van der Waals surface area contributed by atoms with Crippen molar-refractivity contribution >= 4 is 11.6 Å². The summed E-state index contributed by atoms with van der Waals surface area (Å²) < 4.78 is 0. The molecule has 0 bridgehead atoms. The number of hydrogen-bond acceptors (Lipinski definition) is 5. The largest absolute Gasteiger partial charge is 0.383 e. The molecule has 5 nitrogen and oxygen atoms in total. The SMILES string of the molecule is CCc1c(N)ncnc1NC(C)CCN(C)C. The summed E-state index contributed by atoms with van der Waals surface area (Å²) >= 11 is 0. The minimum atomic E-state index is 0.372. The first kappa shape index (κ1) is 13.7. The van der Waals surface area contributed by atoms with Crippen LogP contribution in [0.15, 0.2) is 6.33 Å². The van der Waals surface area contributed by atoms with Crippen LogP contribution < -0.4 is 11.1 Å². The molecule has 5 heteroatoms. The molecular formula is C12H23N5. The van der Waals surface area contributed by atoms with E-state index in [2.05, 4.69) is 48.1 Å². The molecule has 1 atom stereocenters. The van der Waals surface area contributed by atoms with E-state index < -0.39 is 0 Å². The van der Waals surface area contributed by atoms with Crippen molar-refractivity contribution in [2.45, 2.75) is 32.7 Å². The van der Waals surface area contributed by atoms with Crippen molar-refractivity contribution in [3.8, 4) is 0 Å². The minimum Gasteiger partial charge on any atom is -0.383 e. The number of nitrogens with two attached hydrogens (primary N) is 1. The van der Waals surface area contributed by atoms with Crippen molar-refractivity contribution in [3.63, 3.8) is 0 Å². The third-order valence-electron chi connectivity index (χ3n) is 2.72. The Hall–Kier alpha value is -1.36. The summed E-state index contributed by atoms with van der Waals surface area (Å²) in [5, 5.41) is 3.40. The number of nitrogens with one attached hydrogen (secondary N) is 1. The molecule has 0 aliphatic rings. The molecule has 0 aromatic carbocycles. The summed E-state index contributed by atoms with van der Waals surface area (Å²) in [6.45, 7) is 5.27. The summed E-state index contributed by atoms with van der Waals surface area (Å²) in [6, 6.07) is 0.372. The highest BCUT2D eigenvalue weighted by atomic mass is 15.1. The molecule has 0 spiro atoms. The number of nitrogens with zero attached hydrogens (tertiary/aromatic N) is 3. The molecule has 0 fully saturated rings. The van der Waals surface area contributed by atoms with Gasteiger partial charge >= 0.3 is 0 Å². The maximum atomic E-state index is 5.83. The van der Waals surface area contributed by atoms with E-state index >= 15 is 0 Å². The standard InChI is InChI=1S/C12H23N5/c1-5-10-11(13)14-8-15-12(10)16-9(2)6-7-17(3)4/h8-9H,5-7H2,1-4H3,(H3,13,14,15,16). The first-order chi connectivity index (χ1) is 8.04. The lowest BCUT2D eigenvalue weighted by Gasteiger charge is -2.19. The van der Waals surface area contributed by atoms with E-state index in [1.54, 1.807) is 0 Å². The third-order valence-corrected chi connectivity index (χ3v) is 2.72. The Morgan fingerprint density at radius 1 is 1.41 bits per heavy atom. The topological polar surface area (TPSA) is 67.1 Å². The van der Waals surface area contributed by atoms with E-state index in [-0.39, 0.29) is 0 Å². The molecule has 96 valence electrons. The number of hydrogen-bond donors (Lipinski definition) is 2. The molecular weight excluding hydrogens is 214 g/mol. The average molecular weight is 237 g/mol. The molecule has 3 N–H and O–H groups in total. The minimum absolute atomic E-state index is 0.372. The fraction of sp³-hybridized carbons (Fsp3) is 0.667. The van der Waals surface area contributed by atoms with E-state index in [4.69, 9.17) is 5.73 Å². The molecule has 1 unspecified atom stereocenters. The molecule has 0 saturated carbocycles.